The van der Waals surface area contributed by atoms with Crippen molar-refractivity contribution < 1.29 is 14.3 Å². The molecule has 2 heterocycles. The molecule has 0 saturated carbocycles. The van der Waals surface area contributed by atoms with Gasteiger partial charge in [0.15, 0.2) is 0 Å². The Morgan fingerprint density at radius 1 is 1.20 bits per heavy atom. The van der Waals surface area contributed by atoms with Crippen molar-refractivity contribution in [2.24, 2.45) is 5.92 Å². The zero-order valence-electron chi connectivity index (χ0n) is 14.4. The summed E-state index contributed by atoms with van der Waals surface area (Å²) in [5.41, 5.74) is 0.910. The number of nitrogens with zero attached hydrogens (tertiary/aromatic N) is 1. The highest BCUT2D eigenvalue weighted by molar-refractivity contribution is 6.31. The SMILES string of the molecule is O=C(NCc1ccccc1Cl)NCC(C1CCOC1)N1CCOCC1. The van der Waals surface area contributed by atoms with Crippen LogP contribution in [0, 0.1) is 5.92 Å². The highest BCUT2D eigenvalue weighted by Gasteiger charge is 2.31. The van der Waals surface area contributed by atoms with E-state index in [0.717, 1.165) is 51.5 Å². The van der Waals surface area contributed by atoms with Crippen molar-refractivity contribution in [3.05, 3.63) is 34.9 Å². The predicted octanol–water partition coefficient (Wildman–Crippen LogP) is 1.88. The van der Waals surface area contributed by atoms with Gasteiger partial charge < -0.3 is 20.1 Å². The molecule has 1 aromatic rings. The van der Waals surface area contributed by atoms with Crippen LogP contribution in [0.4, 0.5) is 4.79 Å². The molecule has 1 aromatic carbocycles. The van der Waals surface area contributed by atoms with E-state index in [9.17, 15) is 4.79 Å². The van der Waals surface area contributed by atoms with Gasteiger partial charge in [-0.15, -0.1) is 0 Å². The minimum atomic E-state index is -0.169. The number of hydrogen-bond acceptors (Lipinski definition) is 4. The van der Waals surface area contributed by atoms with Crippen molar-refractivity contribution in [1.82, 2.24) is 15.5 Å². The Kier molecular flexibility index (Phi) is 6.93. The van der Waals surface area contributed by atoms with E-state index in [2.05, 4.69) is 15.5 Å². The first kappa shape index (κ1) is 18.5. The number of ether oxygens (including phenoxy) is 2. The van der Waals surface area contributed by atoms with E-state index in [1.807, 2.05) is 24.3 Å². The van der Waals surface area contributed by atoms with Crippen molar-refractivity contribution in [2.75, 3.05) is 46.1 Å². The highest BCUT2D eigenvalue weighted by Crippen LogP contribution is 2.22. The first-order valence-electron chi connectivity index (χ1n) is 8.88. The van der Waals surface area contributed by atoms with Crippen LogP contribution in [-0.4, -0.2) is 63.0 Å². The summed E-state index contributed by atoms with van der Waals surface area (Å²) in [6.45, 7) is 5.93. The molecule has 7 heteroatoms. The molecule has 0 radical (unpaired) electrons. The number of carbonyl (C=O) groups excluding carboxylic acids is 1. The number of urea groups is 1. The lowest BCUT2D eigenvalue weighted by molar-refractivity contribution is 0.00212. The van der Waals surface area contributed by atoms with Crippen LogP contribution in [0.3, 0.4) is 0 Å². The van der Waals surface area contributed by atoms with Gasteiger partial charge >= 0.3 is 6.03 Å². The fourth-order valence-corrected chi connectivity index (χ4v) is 3.64. The maximum atomic E-state index is 12.2. The molecule has 3 rings (SSSR count). The summed E-state index contributed by atoms with van der Waals surface area (Å²) in [4.78, 5) is 14.6. The molecule has 2 fully saturated rings. The molecule has 2 aliphatic rings. The number of rotatable bonds is 6. The summed E-state index contributed by atoms with van der Waals surface area (Å²) in [5, 5.41) is 6.56. The minimum absolute atomic E-state index is 0.169. The molecule has 0 aromatic heterocycles. The molecule has 0 bridgehead atoms. The third kappa shape index (κ3) is 5.31. The monoisotopic (exact) mass is 367 g/mol. The van der Waals surface area contributed by atoms with Crippen LogP contribution in [0.2, 0.25) is 5.02 Å². The minimum Gasteiger partial charge on any atom is -0.381 e. The molecule has 0 spiro atoms. The summed E-state index contributed by atoms with van der Waals surface area (Å²) < 4.78 is 11.0. The van der Waals surface area contributed by atoms with Crippen molar-refractivity contribution in [3.63, 3.8) is 0 Å². The van der Waals surface area contributed by atoms with Gasteiger partial charge in [-0.1, -0.05) is 29.8 Å². The van der Waals surface area contributed by atoms with Crippen molar-refractivity contribution >= 4 is 17.6 Å². The van der Waals surface area contributed by atoms with Gasteiger partial charge in [-0.3, -0.25) is 4.90 Å². The van der Waals surface area contributed by atoms with Gasteiger partial charge in [-0.2, -0.15) is 0 Å². The van der Waals surface area contributed by atoms with Crippen LogP contribution in [0.25, 0.3) is 0 Å². The second-order valence-corrected chi connectivity index (χ2v) is 6.90. The van der Waals surface area contributed by atoms with Crippen molar-refractivity contribution in [1.29, 1.82) is 0 Å². The lowest BCUT2D eigenvalue weighted by Gasteiger charge is -2.37. The molecule has 2 atom stereocenters. The number of nitrogens with one attached hydrogen (secondary N) is 2. The van der Waals surface area contributed by atoms with Crippen LogP contribution in [0.15, 0.2) is 24.3 Å². The Morgan fingerprint density at radius 2 is 2.00 bits per heavy atom. The van der Waals surface area contributed by atoms with E-state index in [-0.39, 0.29) is 12.1 Å². The normalized spacial score (nSPS) is 22.5. The standard InChI is InChI=1S/C18H26ClN3O3/c19-16-4-2-1-3-14(16)11-20-18(23)21-12-17(15-5-8-25-13-15)22-6-9-24-10-7-22/h1-4,15,17H,5-13H2,(H2,20,21,23). The zero-order valence-corrected chi connectivity index (χ0v) is 15.1. The molecule has 25 heavy (non-hydrogen) atoms. The largest absolute Gasteiger partial charge is 0.381 e. The van der Waals surface area contributed by atoms with Crippen LogP contribution in [-0.2, 0) is 16.0 Å². The Morgan fingerprint density at radius 3 is 2.72 bits per heavy atom. The summed E-state index contributed by atoms with van der Waals surface area (Å²) in [6, 6.07) is 7.65. The number of morpholine rings is 1. The maximum Gasteiger partial charge on any atom is 0.315 e. The number of halogens is 1. The molecule has 0 aliphatic carbocycles. The van der Waals surface area contributed by atoms with Crippen LogP contribution >= 0.6 is 11.6 Å². The molecule has 6 nitrogen and oxygen atoms in total. The Balaban J connectivity index is 1.49. The molecule has 2 amide bonds. The summed E-state index contributed by atoms with van der Waals surface area (Å²) in [6.07, 6.45) is 1.05. The second-order valence-electron chi connectivity index (χ2n) is 6.49. The first-order chi connectivity index (χ1) is 12.2. The highest BCUT2D eigenvalue weighted by atomic mass is 35.5. The number of amides is 2. The van der Waals surface area contributed by atoms with E-state index in [1.54, 1.807) is 0 Å². The smallest absolute Gasteiger partial charge is 0.315 e. The third-order valence-electron chi connectivity index (χ3n) is 4.89. The number of hydrogen-bond donors (Lipinski definition) is 2. The van der Waals surface area contributed by atoms with Gasteiger partial charge in [-0.05, 0) is 18.1 Å². The quantitative estimate of drug-likeness (QED) is 0.805. The van der Waals surface area contributed by atoms with Crippen LogP contribution in [0.1, 0.15) is 12.0 Å². The van der Waals surface area contributed by atoms with Crippen molar-refractivity contribution in [3.8, 4) is 0 Å². The third-order valence-corrected chi connectivity index (χ3v) is 5.26. The maximum absolute atomic E-state index is 12.2. The first-order valence-corrected chi connectivity index (χ1v) is 9.26. The molecule has 2 N–H and O–H groups in total. The zero-order chi connectivity index (χ0) is 17.5. The van der Waals surface area contributed by atoms with Gasteiger partial charge in [0.2, 0.25) is 0 Å². The van der Waals surface area contributed by atoms with Gasteiger partial charge in [0.05, 0.1) is 19.8 Å². The average molecular weight is 368 g/mol. The summed E-state index contributed by atoms with van der Waals surface area (Å²) in [5.74, 6) is 0.460. The molecular formula is C18H26ClN3O3. The number of benzene rings is 1. The fraction of sp³-hybridized carbons (Fsp3) is 0.611. The van der Waals surface area contributed by atoms with E-state index < -0.39 is 0 Å². The van der Waals surface area contributed by atoms with Crippen LogP contribution in [0.5, 0.6) is 0 Å². The van der Waals surface area contributed by atoms with Gasteiger partial charge in [0.1, 0.15) is 0 Å². The topological polar surface area (TPSA) is 62.8 Å². The van der Waals surface area contributed by atoms with Gasteiger partial charge in [0, 0.05) is 49.8 Å². The lowest BCUT2D eigenvalue weighted by atomic mass is 9.97. The Bertz CT molecular complexity index is 560. The summed E-state index contributed by atoms with van der Waals surface area (Å²) in [7, 11) is 0. The second kappa shape index (κ2) is 9.38. The van der Waals surface area contributed by atoms with E-state index in [1.165, 1.54) is 0 Å². The van der Waals surface area contributed by atoms with Gasteiger partial charge in [0.25, 0.3) is 0 Å². The average Bonchev–Trinajstić information content (AvgIpc) is 3.16. The van der Waals surface area contributed by atoms with Gasteiger partial charge in [-0.25, -0.2) is 4.79 Å². The van der Waals surface area contributed by atoms with E-state index in [4.69, 9.17) is 21.1 Å². The predicted molar refractivity (Wildman–Crippen MR) is 96.8 cm³/mol. The lowest BCUT2D eigenvalue weighted by Crippen LogP contribution is -2.53. The Hall–Kier alpha value is -1.34. The molecule has 2 aliphatic heterocycles. The van der Waals surface area contributed by atoms with Crippen molar-refractivity contribution in [2.45, 2.75) is 19.0 Å². The fourth-order valence-electron chi connectivity index (χ4n) is 3.44. The Labute approximate surface area is 153 Å². The van der Waals surface area contributed by atoms with E-state index >= 15 is 0 Å². The summed E-state index contributed by atoms with van der Waals surface area (Å²) >= 11 is 6.12. The van der Waals surface area contributed by atoms with Crippen LogP contribution < -0.4 is 10.6 Å². The molecule has 138 valence electrons. The molecular weight excluding hydrogens is 342 g/mol. The number of carbonyl (C=O) groups is 1. The molecule has 2 unspecified atom stereocenters. The van der Waals surface area contributed by atoms with E-state index in [0.29, 0.717) is 24.0 Å². The molecule has 2 saturated heterocycles.